The van der Waals surface area contributed by atoms with Gasteiger partial charge in [-0.1, -0.05) is 0 Å². The molecule has 8 nitrogen and oxygen atoms in total. The van der Waals surface area contributed by atoms with Crippen LogP contribution < -0.4 is 15.4 Å². The number of hydrogen-bond acceptors (Lipinski definition) is 6. The largest absolute Gasteiger partial charge is 0.497 e. The number of carbonyl (C=O) groups excluding carboxylic acids is 1. The average Bonchev–Trinajstić information content (AvgIpc) is 3.19. The molecule has 1 saturated heterocycles. The van der Waals surface area contributed by atoms with Gasteiger partial charge in [0.25, 0.3) is 5.91 Å². The Bertz CT molecular complexity index is 993. The Labute approximate surface area is 169 Å². The van der Waals surface area contributed by atoms with Crippen molar-refractivity contribution < 1.29 is 14.3 Å². The van der Waals surface area contributed by atoms with Crippen LogP contribution in [0.25, 0.3) is 11.0 Å². The Hall–Kier alpha value is -3.13. The maximum Gasteiger partial charge on any atom is 0.259 e. The number of pyridine rings is 1. The normalized spacial score (nSPS) is 14.7. The Morgan fingerprint density at radius 2 is 2.00 bits per heavy atom. The molecule has 0 atom stereocenters. The van der Waals surface area contributed by atoms with E-state index in [2.05, 4.69) is 20.7 Å². The van der Waals surface area contributed by atoms with Gasteiger partial charge in [-0.25, -0.2) is 9.67 Å². The number of nitrogens with zero attached hydrogens (tertiary/aromatic N) is 3. The van der Waals surface area contributed by atoms with Crippen molar-refractivity contribution in [3.05, 3.63) is 42.2 Å². The molecule has 0 unspecified atom stereocenters. The standard InChI is InChI=1S/C21H25N5O3/c1-3-26-20-17(13-23-26)19(24-15-8-10-29-11-9-15)18(12-22-20)21(27)25-14-4-6-16(28-2)7-5-14/h4-7,12-13,15H,3,8-11H2,1-2H3,(H,22,24)(H,25,27). The first-order valence-electron chi connectivity index (χ1n) is 9.83. The van der Waals surface area contributed by atoms with Crippen molar-refractivity contribution in [2.45, 2.75) is 32.4 Å². The van der Waals surface area contributed by atoms with E-state index in [1.807, 2.05) is 35.9 Å². The summed E-state index contributed by atoms with van der Waals surface area (Å²) in [6, 6.07) is 7.48. The van der Waals surface area contributed by atoms with Gasteiger partial charge in [-0.15, -0.1) is 0 Å². The van der Waals surface area contributed by atoms with E-state index in [1.54, 1.807) is 19.5 Å². The Morgan fingerprint density at radius 1 is 1.24 bits per heavy atom. The van der Waals surface area contributed by atoms with Crippen LogP contribution in [-0.4, -0.2) is 47.0 Å². The number of fused-ring (bicyclic) bond motifs is 1. The summed E-state index contributed by atoms with van der Waals surface area (Å²) in [5.74, 6) is 0.517. The number of hydrogen-bond donors (Lipinski definition) is 2. The van der Waals surface area contributed by atoms with Gasteiger partial charge in [0.1, 0.15) is 5.75 Å². The third-order valence-corrected chi connectivity index (χ3v) is 5.13. The third kappa shape index (κ3) is 4.02. The van der Waals surface area contributed by atoms with Gasteiger partial charge in [-0.2, -0.15) is 5.10 Å². The lowest BCUT2D eigenvalue weighted by Crippen LogP contribution is -2.29. The maximum atomic E-state index is 13.1. The number of aryl methyl sites for hydroxylation is 1. The zero-order chi connectivity index (χ0) is 20.2. The summed E-state index contributed by atoms with van der Waals surface area (Å²) in [6.07, 6.45) is 5.19. The van der Waals surface area contributed by atoms with Gasteiger partial charge in [0.15, 0.2) is 5.65 Å². The summed E-state index contributed by atoms with van der Waals surface area (Å²) in [6.45, 7) is 4.16. The summed E-state index contributed by atoms with van der Waals surface area (Å²) < 4.78 is 12.5. The van der Waals surface area contributed by atoms with Crippen LogP contribution >= 0.6 is 0 Å². The van der Waals surface area contributed by atoms with Crippen LogP contribution in [0.3, 0.4) is 0 Å². The van der Waals surface area contributed by atoms with Crippen LogP contribution in [0.4, 0.5) is 11.4 Å². The smallest absolute Gasteiger partial charge is 0.259 e. The highest BCUT2D eigenvalue weighted by molar-refractivity contribution is 6.12. The topological polar surface area (TPSA) is 90.3 Å². The number of benzene rings is 1. The highest BCUT2D eigenvalue weighted by Crippen LogP contribution is 2.29. The Morgan fingerprint density at radius 3 is 2.69 bits per heavy atom. The van der Waals surface area contributed by atoms with Crippen LogP contribution in [0, 0.1) is 0 Å². The van der Waals surface area contributed by atoms with Gasteiger partial charge in [-0.05, 0) is 44.0 Å². The van der Waals surface area contributed by atoms with Crippen LogP contribution in [0.15, 0.2) is 36.7 Å². The van der Waals surface area contributed by atoms with Crippen molar-refractivity contribution in [2.24, 2.45) is 0 Å². The molecular weight excluding hydrogens is 370 g/mol. The minimum absolute atomic E-state index is 0.219. The molecular formula is C21H25N5O3. The monoisotopic (exact) mass is 395 g/mol. The molecule has 0 bridgehead atoms. The van der Waals surface area contributed by atoms with Gasteiger partial charge in [0.05, 0.1) is 29.9 Å². The lowest BCUT2D eigenvalue weighted by Gasteiger charge is -2.25. The molecule has 4 rings (SSSR count). The molecule has 29 heavy (non-hydrogen) atoms. The highest BCUT2D eigenvalue weighted by atomic mass is 16.5. The first-order chi connectivity index (χ1) is 14.2. The third-order valence-electron chi connectivity index (χ3n) is 5.13. The molecule has 2 aromatic heterocycles. The number of nitrogens with one attached hydrogen (secondary N) is 2. The zero-order valence-electron chi connectivity index (χ0n) is 16.6. The van der Waals surface area contributed by atoms with E-state index >= 15 is 0 Å². The first kappa shape index (κ1) is 19.2. The summed E-state index contributed by atoms with van der Waals surface area (Å²) in [5.41, 5.74) is 2.73. The number of carbonyl (C=O) groups is 1. The lowest BCUT2D eigenvalue weighted by molar-refractivity contribution is 0.0904. The fourth-order valence-corrected chi connectivity index (χ4v) is 3.50. The zero-order valence-corrected chi connectivity index (χ0v) is 16.6. The molecule has 0 radical (unpaired) electrons. The van der Waals surface area contributed by atoms with Crippen molar-refractivity contribution in [1.29, 1.82) is 0 Å². The lowest BCUT2D eigenvalue weighted by atomic mass is 10.1. The summed E-state index contributed by atoms with van der Waals surface area (Å²) in [5, 5.41) is 11.8. The van der Waals surface area contributed by atoms with Gasteiger partial charge in [0, 0.05) is 37.7 Å². The van der Waals surface area contributed by atoms with Crippen molar-refractivity contribution in [2.75, 3.05) is 31.0 Å². The molecule has 1 aliphatic rings. The van der Waals surface area contributed by atoms with Crippen LogP contribution in [-0.2, 0) is 11.3 Å². The fourth-order valence-electron chi connectivity index (χ4n) is 3.50. The van der Waals surface area contributed by atoms with E-state index in [1.165, 1.54) is 0 Å². The number of ether oxygens (including phenoxy) is 2. The van der Waals surface area contributed by atoms with Crippen LogP contribution in [0.2, 0.25) is 0 Å². The molecule has 3 heterocycles. The highest BCUT2D eigenvalue weighted by Gasteiger charge is 2.22. The van der Waals surface area contributed by atoms with Crippen molar-refractivity contribution in [1.82, 2.24) is 14.8 Å². The van der Waals surface area contributed by atoms with E-state index in [4.69, 9.17) is 9.47 Å². The Kier molecular flexibility index (Phi) is 5.62. The number of amides is 1. The summed E-state index contributed by atoms with van der Waals surface area (Å²) in [7, 11) is 1.61. The molecule has 1 amide bonds. The molecule has 1 aromatic carbocycles. The molecule has 0 saturated carbocycles. The molecule has 1 aliphatic heterocycles. The second-order valence-corrected chi connectivity index (χ2v) is 6.96. The molecule has 8 heteroatoms. The summed E-state index contributed by atoms with van der Waals surface area (Å²) in [4.78, 5) is 17.6. The molecule has 152 valence electrons. The van der Waals surface area contributed by atoms with E-state index < -0.39 is 0 Å². The van der Waals surface area contributed by atoms with Gasteiger partial charge >= 0.3 is 0 Å². The van der Waals surface area contributed by atoms with Crippen molar-refractivity contribution in [3.63, 3.8) is 0 Å². The molecule has 2 N–H and O–H groups in total. The number of methoxy groups -OCH3 is 1. The van der Waals surface area contributed by atoms with Gasteiger partial charge in [-0.3, -0.25) is 4.79 Å². The average molecular weight is 395 g/mol. The first-order valence-corrected chi connectivity index (χ1v) is 9.83. The Balaban J connectivity index is 1.67. The minimum Gasteiger partial charge on any atom is -0.497 e. The van der Waals surface area contributed by atoms with Gasteiger partial charge < -0.3 is 20.1 Å². The number of rotatable bonds is 6. The molecule has 0 spiro atoms. The van der Waals surface area contributed by atoms with E-state index in [0.717, 1.165) is 35.3 Å². The van der Waals surface area contributed by atoms with Crippen molar-refractivity contribution in [3.8, 4) is 5.75 Å². The second-order valence-electron chi connectivity index (χ2n) is 6.96. The van der Waals surface area contributed by atoms with Gasteiger partial charge in [0.2, 0.25) is 0 Å². The van der Waals surface area contributed by atoms with E-state index in [0.29, 0.717) is 31.0 Å². The number of aromatic nitrogens is 3. The molecule has 1 fully saturated rings. The number of anilines is 2. The molecule has 0 aliphatic carbocycles. The molecule has 3 aromatic rings. The second kappa shape index (κ2) is 8.48. The quantitative estimate of drug-likeness (QED) is 0.666. The maximum absolute atomic E-state index is 13.1. The minimum atomic E-state index is -0.219. The van der Waals surface area contributed by atoms with Crippen molar-refractivity contribution >= 4 is 28.3 Å². The van der Waals surface area contributed by atoms with Crippen LogP contribution in [0.5, 0.6) is 5.75 Å². The van der Waals surface area contributed by atoms with E-state index in [-0.39, 0.29) is 11.9 Å². The SMILES string of the molecule is CCn1ncc2c(NC3CCOCC3)c(C(=O)Nc3ccc(OC)cc3)cnc21. The summed E-state index contributed by atoms with van der Waals surface area (Å²) >= 11 is 0. The predicted octanol–water partition coefficient (Wildman–Crippen LogP) is 3.30. The fraction of sp³-hybridized carbons (Fsp3) is 0.381. The van der Waals surface area contributed by atoms with E-state index in [9.17, 15) is 4.79 Å². The predicted molar refractivity (Wildman–Crippen MR) is 112 cm³/mol. The van der Waals surface area contributed by atoms with Crippen LogP contribution in [0.1, 0.15) is 30.1 Å².